The number of likely N-dealkylation sites (N-methyl/N-ethyl adjacent to an activating group) is 1. The first-order valence-corrected chi connectivity index (χ1v) is 7.95. The van der Waals surface area contributed by atoms with Crippen LogP contribution >= 0.6 is 0 Å². The molecule has 0 heterocycles. The van der Waals surface area contributed by atoms with Gasteiger partial charge in [0.05, 0.1) is 11.6 Å². The number of hydrogen-bond donors (Lipinski definition) is 2. The second kappa shape index (κ2) is 8.39. The number of rotatable bonds is 6. The van der Waals surface area contributed by atoms with E-state index in [0.29, 0.717) is 12.1 Å². The summed E-state index contributed by atoms with van der Waals surface area (Å²) in [5, 5.41) is 5.14. The molecule has 0 bridgehead atoms. The molecule has 6 heteroatoms. The Bertz CT molecular complexity index is 748. The molecule has 0 saturated carbocycles. The summed E-state index contributed by atoms with van der Waals surface area (Å²) in [6, 6.07) is 13.3. The summed E-state index contributed by atoms with van der Waals surface area (Å²) in [6.07, 6.45) is 0.545. The van der Waals surface area contributed by atoms with E-state index in [1.807, 2.05) is 49.3 Å². The van der Waals surface area contributed by atoms with Crippen LogP contribution in [0.5, 0.6) is 0 Å². The van der Waals surface area contributed by atoms with Gasteiger partial charge in [-0.1, -0.05) is 30.3 Å². The first-order chi connectivity index (χ1) is 11.9. The number of amides is 2. The van der Waals surface area contributed by atoms with Crippen molar-refractivity contribution in [1.29, 1.82) is 0 Å². The van der Waals surface area contributed by atoms with Crippen LogP contribution in [0.1, 0.15) is 15.9 Å². The van der Waals surface area contributed by atoms with Crippen molar-refractivity contribution in [3.05, 3.63) is 65.5 Å². The van der Waals surface area contributed by atoms with E-state index in [0.717, 1.165) is 5.56 Å². The summed E-state index contributed by atoms with van der Waals surface area (Å²) in [5.41, 5.74) is 1.32. The molecule has 0 aliphatic heterocycles. The molecule has 2 aromatic rings. The molecule has 25 heavy (non-hydrogen) atoms. The minimum Gasteiger partial charge on any atom is -0.355 e. The van der Waals surface area contributed by atoms with Crippen LogP contribution in [0.4, 0.5) is 10.1 Å². The molecule has 0 spiro atoms. The van der Waals surface area contributed by atoms with Crippen LogP contribution in [-0.2, 0) is 11.2 Å². The molecule has 1 atom stereocenters. The van der Waals surface area contributed by atoms with E-state index in [9.17, 15) is 14.0 Å². The third-order valence-corrected chi connectivity index (χ3v) is 3.90. The number of carbonyl (C=O) groups excluding carboxylic acids is 2. The molecular weight excluding hydrogens is 321 g/mol. The van der Waals surface area contributed by atoms with Crippen LogP contribution in [0.2, 0.25) is 0 Å². The number of benzene rings is 2. The monoisotopic (exact) mass is 343 g/mol. The standard InChI is InChI=1S/C19H22FN3O2/c1-21-18(24)15-12-14(9-10-16(15)20)22-19(25)17(23(2)3)11-13-7-5-4-6-8-13/h4-10,12,17H,11H2,1-3H3,(H,21,24)(H,22,25)/t17-/m0/s1. The Hall–Kier alpha value is -2.73. The molecule has 2 rings (SSSR count). The molecule has 2 amide bonds. The summed E-state index contributed by atoms with van der Waals surface area (Å²) < 4.78 is 13.7. The smallest absolute Gasteiger partial charge is 0.254 e. The Morgan fingerprint density at radius 3 is 2.40 bits per heavy atom. The Morgan fingerprint density at radius 2 is 1.80 bits per heavy atom. The van der Waals surface area contributed by atoms with Gasteiger partial charge in [-0.05, 0) is 44.3 Å². The molecule has 0 fully saturated rings. The highest BCUT2D eigenvalue weighted by molar-refractivity contribution is 5.98. The fourth-order valence-corrected chi connectivity index (χ4v) is 2.48. The van der Waals surface area contributed by atoms with Crippen LogP contribution < -0.4 is 10.6 Å². The Labute approximate surface area is 146 Å². The first-order valence-electron chi connectivity index (χ1n) is 7.95. The zero-order valence-corrected chi connectivity index (χ0v) is 14.5. The van der Waals surface area contributed by atoms with Gasteiger partial charge in [0.15, 0.2) is 0 Å². The van der Waals surface area contributed by atoms with Gasteiger partial charge in [-0.15, -0.1) is 0 Å². The highest BCUT2D eigenvalue weighted by atomic mass is 19.1. The van der Waals surface area contributed by atoms with E-state index in [4.69, 9.17) is 0 Å². The minimum absolute atomic E-state index is 0.107. The second-order valence-corrected chi connectivity index (χ2v) is 5.93. The highest BCUT2D eigenvalue weighted by Crippen LogP contribution is 2.16. The summed E-state index contributed by atoms with van der Waals surface area (Å²) >= 11 is 0. The average molecular weight is 343 g/mol. The van der Waals surface area contributed by atoms with Crippen molar-refractivity contribution in [2.75, 3.05) is 26.5 Å². The van der Waals surface area contributed by atoms with Gasteiger partial charge in [-0.25, -0.2) is 4.39 Å². The topological polar surface area (TPSA) is 61.4 Å². The van der Waals surface area contributed by atoms with Crippen molar-refractivity contribution in [1.82, 2.24) is 10.2 Å². The van der Waals surface area contributed by atoms with E-state index in [2.05, 4.69) is 10.6 Å². The molecular formula is C19H22FN3O2. The summed E-state index contributed by atoms with van der Waals surface area (Å²) in [5.74, 6) is -1.39. The van der Waals surface area contributed by atoms with Crippen LogP contribution in [0.25, 0.3) is 0 Å². The molecule has 0 saturated heterocycles. The maximum absolute atomic E-state index is 13.7. The predicted molar refractivity (Wildman–Crippen MR) is 96.0 cm³/mol. The quantitative estimate of drug-likeness (QED) is 0.846. The molecule has 2 N–H and O–H groups in total. The minimum atomic E-state index is -0.634. The van der Waals surface area contributed by atoms with Crippen LogP contribution in [0, 0.1) is 5.82 Å². The number of hydrogen-bond acceptors (Lipinski definition) is 3. The SMILES string of the molecule is CNC(=O)c1cc(NC(=O)[C@H](Cc2ccccc2)N(C)C)ccc1F. The lowest BCUT2D eigenvalue weighted by Gasteiger charge is -2.23. The number of nitrogens with one attached hydrogen (secondary N) is 2. The zero-order valence-electron chi connectivity index (χ0n) is 14.5. The Kier molecular flexibility index (Phi) is 6.25. The van der Waals surface area contributed by atoms with E-state index in [1.54, 1.807) is 0 Å². The van der Waals surface area contributed by atoms with Gasteiger partial charge in [0.25, 0.3) is 5.91 Å². The van der Waals surface area contributed by atoms with Crippen molar-refractivity contribution < 1.29 is 14.0 Å². The largest absolute Gasteiger partial charge is 0.355 e. The Balaban J connectivity index is 2.17. The highest BCUT2D eigenvalue weighted by Gasteiger charge is 2.22. The van der Waals surface area contributed by atoms with Crippen LogP contribution in [-0.4, -0.2) is 43.9 Å². The zero-order chi connectivity index (χ0) is 18.4. The molecule has 0 aliphatic rings. The van der Waals surface area contributed by atoms with E-state index in [-0.39, 0.29) is 11.5 Å². The summed E-state index contributed by atoms with van der Waals surface area (Å²) in [6.45, 7) is 0. The summed E-state index contributed by atoms with van der Waals surface area (Å²) in [7, 11) is 5.08. The molecule has 2 aromatic carbocycles. The van der Waals surface area contributed by atoms with Crippen molar-refractivity contribution in [2.24, 2.45) is 0 Å². The van der Waals surface area contributed by atoms with Gasteiger partial charge in [-0.3, -0.25) is 14.5 Å². The van der Waals surface area contributed by atoms with Gasteiger partial charge in [-0.2, -0.15) is 0 Å². The molecule has 5 nitrogen and oxygen atoms in total. The van der Waals surface area contributed by atoms with Gasteiger partial charge in [0, 0.05) is 12.7 Å². The van der Waals surface area contributed by atoms with E-state index in [1.165, 1.54) is 25.2 Å². The number of nitrogens with zero attached hydrogens (tertiary/aromatic N) is 1. The lowest BCUT2D eigenvalue weighted by atomic mass is 10.0. The average Bonchev–Trinajstić information content (AvgIpc) is 2.61. The van der Waals surface area contributed by atoms with Gasteiger partial charge >= 0.3 is 0 Å². The molecule has 0 unspecified atom stereocenters. The fourth-order valence-electron chi connectivity index (χ4n) is 2.48. The van der Waals surface area contributed by atoms with Gasteiger partial charge in [0.2, 0.25) is 5.91 Å². The predicted octanol–water partition coefficient (Wildman–Crippen LogP) is 2.30. The molecule has 0 radical (unpaired) electrons. The van der Waals surface area contributed by atoms with Crippen molar-refractivity contribution in [3.8, 4) is 0 Å². The lowest BCUT2D eigenvalue weighted by Crippen LogP contribution is -2.41. The molecule has 0 aromatic heterocycles. The number of carbonyl (C=O) groups is 2. The van der Waals surface area contributed by atoms with Crippen molar-refractivity contribution in [2.45, 2.75) is 12.5 Å². The van der Waals surface area contributed by atoms with Crippen LogP contribution in [0.15, 0.2) is 48.5 Å². The number of anilines is 1. The number of halogens is 1. The molecule has 132 valence electrons. The third-order valence-electron chi connectivity index (χ3n) is 3.90. The third kappa shape index (κ3) is 4.87. The van der Waals surface area contributed by atoms with Gasteiger partial charge in [0.1, 0.15) is 5.82 Å². The van der Waals surface area contributed by atoms with E-state index >= 15 is 0 Å². The summed E-state index contributed by atoms with van der Waals surface area (Å²) in [4.78, 5) is 26.2. The first kappa shape index (κ1) is 18.6. The lowest BCUT2D eigenvalue weighted by molar-refractivity contribution is -0.120. The van der Waals surface area contributed by atoms with Crippen LogP contribution in [0.3, 0.4) is 0 Å². The van der Waals surface area contributed by atoms with Gasteiger partial charge < -0.3 is 10.6 Å². The van der Waals surface area contributed by atoms with E-state index < -0.39 is 17.8 Å². The Morgan fingerprint density at radius 1 is 1.12 bits per heavy atom. The molecule has 0 aliphatic carbocycles. The second-order valence-electron chi connectivity index (χ2n) is 5.93. The normalized spacial score (nSPS) is 11.9. The fraction of sp³-hybridized carbons (Fsp3) is 0.263. The van der Waals surface area contributed by atoms with Crippen molar-refractivity contribution >= 4 is 17.5 Å². The van der Waals surface area contributed by atoms with Crippen molar-refractivity contribution in [3.63, 3.8) is 0 Å². The maximum atomic E-state index is 13.7. The maximum Gasteiger partial charge on any atom is 0.254 e.